The molecule has 0 atom stereocenters. The minimum atomic E-state index is -4.62. The fraction of sp³-hybridized carbons (Fsp3) is 0.333. The Bertz CT molecular complexity index is 747. The predicted molar refractivity (Wildman–Crippen MR) is 70.0 cm³/mol. The molecule has 2 heterocycles. The van der Waals surface area contributed by atoms with Crippen molar-refractivity contribution < 1.29 is 30.9 Å². The summed E-state index contributed by atoms with van der Waals surface area (Å²) in [5.74, 6) is 0. The zero-order valence-corrected chi connectivity index (χ0v) is 12.5. The van der Waals surface area contributed by atoms with Crippen molar-refractivity contribution in [1.82, 2.24) is 4.98 Å². The van der Waals surface area contributed by atoms with E-state index in [-0.39, 0.29) is 16.9 Å². The third-order valence-electron chi connectivity index (χ3n) is 3.44. The third-order valence-corrected chi connectivity index (χ3v) is 3.44. The highest BCUT2D eigenvalue weighted by molar-refractivity contribution is 5.34. The highest BCUT2D eigenvalue weighted by Crippen LogP contribution is 2.32. The Morgan fingerprint density at radius 3 is 2.04 bits per heavy atom. The first kappa shape index (κ1) is 17.2. The molecule has 124 valence electrons. The maximum Gasteiger partial charge on any atom is 0.422 e. The van der Waals surface area contributed by atoms with Crippen LogP contribution in [0.4, 0.5) is 26.3 Å². The smallest absolute Gasteiger partial charge is 0.254 e. The van der Waals surface area contributed by atoms with Crippen LogP contribution in [0.15, 0.2) is 24.5 Å². The maximum absolute atomic E-state index is 13.0. The van der Waals surface area contributed by atoms with Crippen molar-refractivity contribution in [1.29, 1.82) is 0 Å². The Labute approximate surface area is 128 Å². The average molecular weight is 335 g/mol. The quantitative estimate of drug-likeness (QED) is 0.560. The zero-order valence-electron chi connectivity index (χ0n) is 12.5. The minimum absolute atomic E-state index is 0.00355. The van der Waals surface area contributed by atoms with E-state index in [2.05, 4.69) is 4.98 Å². The molecule has 0 aliphatic heterocycles. The van der Waals surface area contributed by atoms with Crippen LogP contribution in [0, 0.1) is 20.8 Å². The molecule has 0 fully saturated rings. The zero-order chi connectivity index (χ0) is 17.6. The van der Waals surface area contributed by atoms with Gasteiger partial charge in [0.1, 0.15) is 11.3 Å². The molecule has 0 N–H and O–H groups in total. The number of alkyl halides is 6. The molecule has 0 aliphatic carbocycles. The average Bonchev–Trinajstić information content (AvgIpc) is 2.37. The van der Waals surface area contributed by atoms with E-state index in [0.29, 0.717) is 11.9 Å². The summed E-state index contributed by atoms with van der Waals surface area (Å²) in [6, 6.07) is 2.08. The summed E-state index contributed by atoms with van der Waals surface area (Å²) in [4.78, 5) is 3.66. The summed E-state index contributed by atoms with van der Waals surface area (Å²) in [6.07, 6.45) is -7.76. The van der Waals surface area contributed by atoms with Crippen molar-refractivity contribution in [3.05, 3.63) is 52.6 Å². The summed E-state index contributed by atoms with van der Waals surface area (Å²) in [7, 11) is 0. The summed E-state index contributed by atoms with van der Waals surface area (Å²) < 4.78 is 78.6. The number of halogens is 6. The van der Waals surface area contributed by atoms with Gasteiger partial charge in [-0.1, -0.05) is 0 Å². The molecule has 0 radical (unpaired) electrons. The molecule has 0 saturated carbocycles. The molecule has 8 heteroatoms. The van der Waals surface area contributed by atoms with E-state index in [1.54, 1.807) is 0 Å². The fourth-order valence-corrected chi connectivity index (χ4v) is 2.27. The maximum atomic E-state index is 13.0. The molecule has 0 aromatic carbocycles. The largest absolute Gasteiger partial charge is 0.422 e. The van der Waals surface area contributed by atoms with Gasteiger partial charge in [-0.2, -0.15) is 30.9 Å². The number of rotatable bonds is 1. The first-order valence-electron chi connectivity index (χ1n) is 6.55. The molecule has 0 bridgehead atoms. The molecular formula is C15H13F6N2+. The summed E-state index contributed by atoms with van der Waals surface area (Å²) in [5, 5.41) is 0. The van der Waals surface area contributed by atoms with E-state index in [4.69, 9.17) is 0 Å². The van der Waals surface area contributed by atoms with E-state index < -0.39 is 23.5 Å². The number of pyridine rings is 2. The van der Waals surface area contributed by atoms with Crippen LogP contribution >= 0.6 is 0 Å². The van der Waals surface area contributed by atoms with E-state index in [1.807, 2.05) is 0 Å². The summed E-state index contributed by atoms with van der Waals surface area (Å²) >= 11 is 0. The van der Waals surface area contributed by atoms with Gasteiger partial charge in [0.15, 0.2) is 11.9 Å². The van der Waals surface area contributed by atoms with Gasteiger partial charge in [0.2, 0.25) is 5.69 Å². The molecule has 0 saturated heterocycles. The van der Waals surface area contributed by atoms with Gasteiger partial charge in [0.25, 0.3) is 0 Å². The molecule has 0 unspecified atom stereocenters. The van der Waals surface area contributed by atoms with Gasteiger partial charge in [0, 0.05) is 25.3 Å². The highest BCUT2D eigenvalue weighted by atomic mass is 19.4. The van der Waals surface area contributed by atoms with E-state index in [9.17, 15) is 26.3 Å². The number of aromatic nitrogens is 2. The Kier molecular flexibility index (Phi) is 4.13. The lowest BCUT2D eigenvalue weighted by molar-refractivity contribution is -0.604. The fourth-order valence-electron chi connectivity index (χ4n) is 2.27. The van der Waals surface area contributed by atoms with Crippen LogP contribution in [0.2, 0.25) is 0 Å². The van der Waals surface area contributed by atoms with Gasteiger partial charge in [0.05, 0.1) is 5.56 Å². The lowest BCUT2D eigenvalue weighted by Gasteiger charge is -2.12. The standard InChI is InChI=1S/C15H13F6N2/c1-8-4-9(2)23(7-12(8)15(19,20)21)13-5-11(14(16,17)18)6-22-10(13)3/h4-7H,1-3H3/q+1. The molecule has 2 rings (SSSR count). The van der Waals surface area contributed by atoms with Crippen molar-refractivity contribution in [2.75, 3.05) is 0 Å². The number of aryl methyl sites for hydroxylation is 3. The minimum Gasteiger partial charge on any atom is -0.254 e. The van der Waals surface area contributed by atoms with E-state index >= 15 is 0 Å². The Morgan fingerprint density at radius 1 is 0.913 bits per heavy atom. The summed E-state index contributed by atoms with van der Waals surface area (Å²) in [6.45, 7) is 4.26. The molecule has 0 aliphatic rings. The topological polar surface area (TPSA) is 16.8 Å². The SMILES string of the molecule is Cc1cc(C)[n+](-c2cc(C(F)(F)F)cnc2C)cc1C(F)(F)F. The second kappa shape index (κ2) is 5.50. The third kappa shape index (κ3) is 3.46. The van der Waals surface area contributed by atoms with Crippen LogP contribution in [-0.4, -0.2) is 4.98 Å². The number of nitrogens with zero attached hydrogens (tertiary/aromatic N) is 2. The summed E-state index contributed by atoms with van der Waals surface area (Å²) in [5.41, 5.74) is -1.38. The van der Waals surface area contributed by atoms with E-state index in [1.165, 1.54) is 26.8 Å². The Balaban J connectivity index is 2.72. The molecular weight excluding hydrogens is 322 g/mol. The first-order chi connectivity index (χ1) is 10.4. The lowest BCUT2D eigenvalue weighted by Crippen LogP contribution is -2.37. The monoisotopic (exact) mass is 335 g/mol. The van der Waals surface area contributed by atoms with Gasteiger partial charge in [-0.25, -0.2) is 0 Å². The molecule has 23 heavy (non-hydrogen) atoms. The van der Waals surface area contributed by atoms with Crippen LogP contribution in [0.25, 0.3) is 5.69 Å². The van der Waals surface area contributed by atoms with E-state index in [0.717, 1.165) is 16.8 Å². The van der Waals surface area contributed by atoms with Crippen LogP contribution in [0.3, 0.4) is 0 Å². The van der Waals surface area contributed by atoms with Gasteiger partial charge in [-0.15, -0.1) is 0 Å². The van der Waals surface area contributed by atoms with Gasteiger partial charge >= 0.3 is 12.4 Å². The Hall–Kier alpha value is -2.12. The predicted octanol–water partition coefficient (Wildman–Crippen LogP) is 4.32. The number of hydrogen-bond acceptors (Lipinski definition) is 1. The molecule has 0 spiro atoms. The van der Waals surface area contributed by atoms with Crippen molar-refractivity contribution in [3.63, 3.8) is 0 Å². The normalized spacial score (nSPS) is 12.6. The van der Waals surface area contributed by atoms with Crippen molar-refractivity contribution in [2.45, 2.75) is 33.1 Å². The van der Waals surface area contributed by atoms with Crippen molar-refractivity contribution in [2.24, 2.45) is 0 Å². The molecule has 2 aromatic heterocycles. The van der Waals surface area contributed by atoms with Crippen LogP contribution in [-0.2, 0) is 12.4 Å². The van der Waals surface area contributed by atoms with Crippen molar-refractivity contribution >= 4 is 0 Å². The van der Waals surface area contributed by atoms with Crippen LogP contribution < -0.4 is 4.57 Å². The van der Waals surface area contributed by atoms with Gasteiger partial charge in [-0.05, 0) is 19.4 Å². The van der Waals surface area contributed by atoms with Crippen LogP contribution in [0.1, 0.15) is 28.1 Å². The lowest BCUT2D eigenvalue weighted by atomic mass is 10.1. The molecule has 2 aromatic rings. The van der Waals surface area contributed by atoms with Gasteiger partial charge in [-0.3, -0.25) is 4.98 Å². The van der Waals surface area contributed by atoms with Gasteiger partial charge < -0.3 is 0 Å². The molecule has 2 nitrogen and oxygen atoms in total. The molecule has 0 amide bonds. The second-order valence-corrected chi connectivity index (χ2v) is 5.21. The first-order valence-corrected chi connectivity index (χ1v) is 6.55. The Morgan fingerprint density at radius 2 is 1.52 bits per heavy atom. The second-order valence-electron chi connectivity index (χ2n) is 5.21. The highest BCUT2D eigenvalue weighted by Gasteiger charge is 2.37. The van der Waals surface area contributed by atoms with Crippen LogP contribution in [0.5, 0.6) is 0 Å². The van der Waals surface area contributed by atoms with Crippen molar-refractivity contribution in [3.8, 4) is 5.69 Å². The number of hydrogen-bond donors (Lipinski definition) is 0.